The van der Waals surface area contributed by atoms with Gasteiger partial charge in [-0.05, 0) is 17.7 Å². The molecule has 0 radical (unpaired) electrons. The molecule has 98 valence electrons. The van der Waals surface area contributed by atoms with Crippen molar-refractivity contribution in [1.82, 2.24) is 0 Å². The van der Waals surface area contributed by atoms with Gasteiger partial charge in [-0.1, -0.05) is 6.07 Å². The average molecular weight is 256 g/mol. The molecule has 0 saturated heterocycles. The van der Waals surface area contributed by atoms with Crippen LogP contribution in [0.25, 0.3) is 0 Å². The Labute approximate surface area is 102 Å². The van der Waals surface area contributed by atoms with Gasteiger partial charge in [0.2, 0.25) is 0 Å². The highest BCUT2D eigenvalue weighted by atomic mass is 16.4. The molecule has 2 unspecified atom stereocenters. The molecule has 0 aliphatic heterocycles. The first-order valence-electron chi connectivity index (χ1n) is 4.95. The van der Waals surface area contributed by atoms with E-state index in [1.54, 1.807) is 0 Å². The second-order valence-electron chi connectivity index (χ2n) is 3.69. The fraction of sp³-hybridized carbons (Fsp3) is 0.273. The highest BCUT2D eigenvalue weighted by molar-refractivity contribution is 5.73. The first-order chi connectivity index (χ1) is 8.32. The molecule has 0 heterocycles. The highest BCUT2D eigenvalue weighted by Gasteiger charge is 2.27. The predicted molar refractivity (Wildman–Crippen MR) is 58.0 cm³/mol. The summed E-state index contributed by atoms with van der Waals surface area (Å²) in [7, 11) is 0. The minimum absolute atomic E-state index is 0.233. The number of phenolic OH excluding ortho intramolecular Hbond substituents is 1. The second-order valence-corrected chi connectivity index (χ2v) is 3.69. The van der Waals surface area contributed by atoms with E-state index < -0.39 is 29.9 Å². The Hall–Kier alpha value is -2.12. The van der Waals surface area contributed by atoms with Crippen LogP contribution in [0.15, 0.2) is 18.2 Å². The van der Waals surface area contributed by atoms with Crippen molar-refractivity contribution in [2.75, 3.05) is 0 Å². The quantitative estimate of drug-likeness (QED) is 0.479. The summed E-state index contributed by atoms with van der Waals surface area (Å²) in [6.07, 6.45) is -4.28. The number of aliphatic carboxylic acids is 2. The lowest BCUT2D eigenvalue weighted by Crippen LogP contribution is -2.27. The molecule has 0 aromatic heterocycles. The van der Waals surface area contributed by atoms with Crippen molar-refractivity contribution < 1.29 is 35.1 Å². The lowest BCUT2D eigenvalue weighted by atomic mass is 9.99. The fourth-order valence-electron chi connectivity index (χ4n) is 1.43. The van der Waals surface area contributed by atoms with E-state index in [-0.39, 0.29) is 17.5 Å². The smallest absolute Gasteiger partial charge is 0.335 e. The number of aliphatic hydroxyl groups excluding tert-OH is 2. The van der Waals surface area contributed by atoms with Gasteiger partial charge in [-0.2, -0.15) is 0 Å². The van der Waals surface area contributed by atoms with E-state index in [1.165, 1.54) is 6.07 Å². The van der Waals surface area contributed by atoms with Crippen LogP contribution in [0.2, 0.25) is 0 Å². The Morgan fingerprint density at radius 2 is 1.78 bits per heavy atom. The second kappa shape index (κ2) is 5.48. The van der Waals surface area contributed by atoms with Crippen molar-refractivity contribution in [2.45, 2.75) is 18.6 Å². The summed E-state index contributed by atoms with van der Waals surface area (Å²) in [5.41, 5.74) is 0.0376. The Balaban J connectivity index is 3.07. The van der Waals surface area contributed by atoms with Gasteiger partial charge in [0.25, 0.3) is 0 Å². The van der Waals surface area contributed by atoms with Crippen LogP contribution in [0.1, 0.15) is 17.2 Å². The lowest BCUT2D eigenvalue weighted by Gasteiger charge is -2.16. The summed E-state index contributed by atoms with van der Waals surface area (Å²) in [5.74, 6) is -3.18. The molecule has 0 saturated carbocycles. The molecule has 7 heteroatoms. The molecule has 0 fully saturated rings. The zero-order valence-electron chi connectivity index (χ0n) is 9.15. The van der Waals surface area contributed by atoms with Gasteiger partial charge in [-0.3, -0.25) is 4.79 Å². The van der Waals surface area contributed by atoms with Gasteiger partial charge in [0.15, 0.2) is 6.10 Å². The van der Waals surface area contributed by atoms with Crippen molar-refractivity contribution >= 4 is 11.9 Å². The third-order valence-electron chi connectivity index (χ3n) is 2.32. The molecule has 1 rings (SSSR count). The van der Waals surface area contributed by atoms with E-state index in [9.17, 15) is 19.8 Å². The molecule has 1 aromatic rings. The maximum absolute atomic E-state index is 10.5. The number of carboxylic acid groups (broad SMARTS) is 2. The summed E-state index contributed by atoms with van der Waals surface area (Å²) >= 11 is 0. The van der Waals surface area contributed by atoms with E-state index >= 15 is 0 Å². The van der Waals surface area contributed by atoms with E-state index in [4.69, 9.17) is 15.3 Å². The molecule has 0 aliphatic carbocycles. The van der Waals surface area contributed by atoms with Crippen LogP contribution in [-0.4, -0.2) is 43.6 Å². The molecule has 0 spiro atoms. The normalized spacial score (nSPS) is 13.9. The SMILES string of the molecule is O=C(O)Cc1ccc(O)c(C(O)C(O)C(=O)O)c1. The number of benzene rings is 1. The maximum atomic E-state index is 10.5. The zero-order chi connectivity index (χ0) is 13.9. The van der Waals surface area contributed by atoms with Crippen LogP contribution in [0.4, 0.5) is 0 Å². The molecule has 18 heavy (non-hydrogen) atoms. The number of carboxylic acids is 2. The first kappa shape index (κ1) is 13.9. The topological polar surface area (TPSA) is 135 Å². The van der Waals surface area contributed by atoms with E-state index in [2.05, 4.69) is 0 Å². The van der Waals surface area contributed by atoms with Crippen LogP contribution < -0.4 is 0 Å². The Bertz CT molecular complexity index is 468. The van der Waals surface area contributed by atoms with Crippen LogP contribution >= 0.6 is 0 Å². The Morgan fingerprint density at radius 3 is 2.28 bits per heavy atom. The number of rotatable bonds is 5. The van der Waals surface area contributed by atoms with Crippen molar-refractivity contribution in [1.29, 1.82) is 0 Å². The number of hydrogen-bond acceptors (Lipinski definition) is 5. The van der Waals surface area contributed by atoms with Gasteiger partial charge in [-0.25, -0.2) is 4.79 Å². The maximum Gasteiger partial charge on any atom is 0.335 e. The van der Waals surface area contributed by atoms with Crippen LogP contribution in [0.3, 0.4) is 0 Å². The third kappa shape index (κ3) is 3.19. The van der Waals surface area contributed by atoms with E-state index in [1.807, 2.05) is 0 Å². The fourth-order valence-corrected chi connectivity index (χ4v) is 1.43. The number of hydrogen-bond donors (Lipinski definition) is 5. The molecule has 5 N–H and O–H groups in total. The van der Waals surface area contributed by atoms with Crippen LogP contribution in [0, 0.1) is 0 Å². The zero-order valence-corrected chi connectivity index (χ0v) is 9.15. The summed E-state index contributed by atoms with van der Waals surface area (Å²) < 4.78 is 0. The van der Waals surface area contributed by atoms with Gasteiger partial charge in [0.05, 0.1) is 6.42 Å². The molecule has 2 atom stereocenters. The molecule has 0 bridgehead atoms. The number of aliphatic hydroxyl groups is 2. The monoisotopic (exact) mass is 256 g/mol. The molecular weight excluding hydrogens is 244 g/mol. The largest absolute Gasteiger partial charge is 0.508 e. The Kier molecular flexibility index (Phi) is 4.24. The molecule has 0 amide bonds. The van der Waals surface area contributed by atoms with E-state index in [0.717, 1.165) is 12.1 Å². The van der Waals surface area contributed by atoms with Gasteiger partial charge >= 0.3 is 11.9 Å². The van der Waals surface area contributed by atoms with Crippen molar-refractivity contribution in [3.05, 3.63) is 29.3 Å². The molecular formula is C11H12O7. The third-order valence-corrected chi connectivity index (χ3v) is 2.32. The average Bonchev–Trinajstić information content (AvgIpc) is 2.29. The standard InChI is InChI=1S/C11H12O7/c12-7-2-1-5(4-8(13)14)3-6(7)9(15)10(16)11(17)18/h1-3,9-10,12,15-16H,4H2,(H,13,14)(H,17,18). The summed E-state index contributed by atoms with van der Waals surface area (Å²) in [5, 5.41) is 45.3. The Morgan fingerprint density at radius 1 is 1.17 bits per heavy atom. The number of aromatic hydroxyl groups is 1. The number of carbonyl (C=O) groups is 2. The molecule has 7 nitrogen and oxygen atoms in total. The summed E-state index contributed by atoms with van der Waals surface area (Å²) in [6, 6.07) is 3.60. The van der Waals surface area contributed by atoms with Crippen LogP contribution in [-0.2, 0) is 16.0 Å². The van der Waals surface area contributed by atoms with Gasteiger partial charge < -0.3 is 25.5 Å². The summed E-state index contributed by atoms with van der Waals surface area (Å²) in [4.78, 5) is 21.0. The van der Waals surface area contributed by atoms with Crippen molar-refractivity contribution in [3.63, 3.8) is 0 Å². The lowest BCUT2D eigenvalue weighted by molar-refractivity contribution is -0.153. The van der Waals surface area contributed by atoms with Crippen LogP contribution in [0.5, 0.6) is 5.75 Å². The first-order valence-corrected chi connectivity index (χ1v) is 4.95. The van der Waals surface area contributed by atoms with Gasteiger partial charge in [0.1, 0.15) is 11.9 Å². The molecule has 1 aromatic carbocycles. The van der Waals surface area contributed by atoms with Crippen molar-refractivity contribution in [3.8, 4) is 5.75 Å². The highest BCUT2D eigenvalue weighted by Crippen LogP contribution is 2.27. The summed E-state index contributed by atoms with van der Waals surface area (Å²) in [6.45, 7) is 0. The van der Waals surface area contributed by atoms with E-state index in [0.29, 0.717) is 0 Å². The van der Waals surface area contributed by atoms with Gasteiger partial charge in [-0.15, -0.1) is 0 Å². The minimum Gasteiger partial charge on any atom is -0.508 e. The predicted octanol–water partition coefficient (Wildman–Crippen LogP) is -0.502. The van der Waals surface area contributed by atoms with Gasteiger partial charge in [0, 0.05) is 5.56 Å². The minimum atomic E-state index is -2.10. The molecule has 0 aliphatic rings. The van der Waals surface area contributed by atoms with Crippen molar-refractivity contribution in [2.24, 2.45) is 0 Å². The number of phenols is 1.